The zero-order valence-electron chi connectivity index (χ0n) is 15.5. The minimum Gasteiger partial charge on any atom is -0.496 e. The van der Waals surface area contributed by atoms with Crippen LogP contribution in [0, 0.1) is 5.92 Å². The van der Waals surface area contributed by atoms with Gasteiger partial charge in [0.05, 0.1) is 27.2 Å². The molecule has 5 heteroatoms. The summed E-state index contributed by atoms with van der Waals surface area (Å²) in [5.41, 5.74) is 1.01. The highest BCUT2D eigenvalue weighted by molar-refractivity contribution is 5.70. The van der Waals surface area contributed by atoms with Crippen molar-refractivity contribution in [3.05, 3.63) is 23.8 Å². The zero-order chi connectivity index (χ0) is 17.9. The van der Waals surface area contributed by atoms with Crippen molar-refractivity contribution in [2.24, 2.45) is 5.92 Å². The molecule has 0 bridgehead atoms. The van der Waals surface area contributed by atoms with E-state index in [1.54, 1.807) is 7.11 Å². The van der Waals surface area contributed by atoms with Gasteiger partial charge < -0.3 is 18.9 Å². The molecule has 0 aliphatic carbocycles. The number of hydrogen-bond acceptors (Lipinski definition) is 5. The van der Waals surface area contributed by atoms with Crippen LogP contribution in [0.25, 0.3) is 0 Å². The number of methoxy groups -OCH3 is 2. The average Bonchev–Trinajstić information content (AvgIpc) is 2.57. The Morgan fingerprint density at radius 2 is 1.92 bits per heavy atom. The molecule has 0 heterocycles. The number of benzene rings is 1. The summed E-state index contributed by atoms with van der Waals surface area (Å²) in [6.45, 7) is 7.96. The first-order valence-electron chi connectivity index (χ1n) is 8.47. The SMILES string of the molecule is CCOCCOc1ccc(C(CC(=O)OC)CC(C)C)c(OC)c1. The van der Waals surface area contributed by atoms with E-state index < -0.39 is 0 Å². The molecule has 5 nitrogen and oxygen atoms in total. The lowest BCUT2D eigenvalue weighted by Crippen LogP contribution is -2.12. The van der Waals surface area contributed by atoms with Crippen LogP contribution in [0.1, 0.15) is 45.1 Å². The van der Waals surface area contributed by atoms with Gasteiger partial charge in [-0.1, -0.05) is 19.9 Å². The van der Waals surface area contributed by atoms with E-state index in [1.165, 1.54) is 7.11 Å². The lowest BCUT2D eigenvalue weighted by atomic mass is 9.87. The molecule has 0 aromatic heterocycles. The Morgan fingerprint density at radius 1 is 1.17 bits per heavy atom. The van der Waals surface area contributed by atoms with Crippen LogP contribution in [0.2, 0.25) is 0 Å². The van der Waals surface area contributed by atoms with Gasteiger partial charge in [0.15, 0.2) is 0 Å². The fraction of sp³-hybridized carbons (Fsp3) is 0.632. The predicted octanol–water partition coefficient (Wildman–Crippen LogP) is 3.80. The third-order valence-corrected chi connectivity index (χ3v) is 3.74. The molecule has 0 N–H and O–H groups in total. The number of ether oxygens (including phenoxy) is 4. The molecule has 0 aliphatic heterocycles. The van der Waals surface area contributed by atoms with Crippen LogP contribution in [0.3, 0.4) is 0 Å². The molecule has 1 unspecified atom stereocenters. The smallest absolute Gasteiger partial charge is 0.306 e. The summed E-state index contributed by atoms with van der Waals surface area (Å²) in [5, 5.41) is 0. The van der Waals surface area contributed by atoms with Crippen LogP contribution < -0.4 is 9.47 Å². The predicted molar refractivity (Wildman–Crippen MR) is 93.8 cm³/mol. The van der Waals surface area contributed by atoms with Gasteiger partial charge in [-0.15, -0.1) is 0 Å². The Bertz CT molecular complexity index is 499. The molecule has 1 atom stereocenters. The molecule has 0 saturated heterocycles. The van der Waals surface area contributed by atoms with Crippen molar-refractivity contribution in [3.8, 4) is 11.5 Å². The van der Waals surface area contributed by atoms with Gasteiger partial charge in [0, 0.05) is 12.7 Å². The van der Waals surface area contributed by atoms with Gasteiger partial charge in [0.25, 0.3) is 0 Å². The molecule has 0 aliphatic rings. The quantitative estimate of drug-likeness (QED) is 0.454. The lowest BCUT2D eigenvalue weighted by Gasteiger charge is -2.21. The maximum absolute atomic E-state index is 11.7. The minimum absolute atomic E-state index is 0.0601. The second-order valence-corrected chi connectivity index (χ2v) is 6.06. The second kappa shape index (κ2) is 10.9. The van der Waals surface area contributed by atoms with Crippen molar-refractivity contribution in [2.75, 3.05) is 34.0 Å². The van der Waals surface area contributed by atoms with Gasteiger partial charge in [0.1, 0.15) is 18.1 Å². The summed E-state index contributed by atoms with van der Waals surface area (Å²) in [5.74, 6) is 1.78. The molecule has 1 rings (SSSR count). The van der Waals surface area contributed by atoms with E-state index >= 15 is 0 Å². The van der Waals surface area contributed by atoms with E-state index in [2.05, 4.69) is 13.8 Å². The maximum Gasteiger partial charge on any atom is 0.306 e. The van der Waals surface area contributed by atoms with Crippen LogP contribution in [0.4, 0.5) is 0 Å². The normalized spacial score (nSPS) is 12.1. The van der Waals surface area contributed by atoms with Gasteiger partial charge in [-0.2, -0.15) is 0 Å². The van der Waals surface area contributed by atoms with Crippen molar-refractivity contribution in [1.82, 2.24) is 0 Å². The first-order chi connectivity index (χ1) is 11.5. The van der Waals surface area contributed by atoms with E-state index in [1.807, 2.05) is 25.1 Å². The zero-order valence-corrected chi connectivity index (χ0v) is 15.5. The molecule has 1 aromatic rings. The van der Waals surface area contributed by atoms with E-state index in [0.29, 0.717) is 32.2 Å². The number of carbonyl (C=O) groups excluding carboxylic acids is 1. The summed E-state index contributed by atoms with van der Waals surface area (Å²) in [6.07, 6.45) is 1.23. The van der Waals surface area contributed by atoms with Gasteiger partial charge in [-0.05, 0) is 36.8 Å². The van der Waals surface area contributed by atoms with Gasteiger partial charge in [-0.3, -0.25) is 4.79 Å². The Balaban J connectivity index is 2.90. The molecule has 0 spiro atoms. The maximum atomic E-state index is 11.7. The van der Waals surface area contributed by atoms with Crippen LogP contribution >= 0.6 is 0 Å². The molecule has 24 heavy (non-hydrogen) atoms. The van der Waals surface area contributed by atoms with Crippen LogP contribution in [0.5, 0.6) is 11.5 Å². The highest BCUT2D eigenvalue weighted by Gasteiger charge is 2.21. The monoisotopic (exact) mass is 338 g/mol. The van der Waals surface area contributed by atoms with Crippen molar-refractivity contribution in [3.63, 3.8) is 0 Å². The van der Waals surface area contributed by atoms with E-state index in [4.69, 9.17) is 18.9 Å². The Kier molecular flexibility index (Phi) is 9.23. The Labute approximate surface area is 145 Å². The number of carbonyl (C=O) groups is 1. The van der Waals surface area contributed by atoms with E-state index in [0.717, 1.165) is 23.5 Å². The molecular formula is C19H30O5. The largest absolute Gasteiger partial charge is 0.496 e. The van der Waals surface area contributed by atoms with Crippen LogP contribution in [-0.2, 0) is 14.3 Å². The second-order valence-electron chi connectivity index (χ2n) is 6.06. The van der Waals surface area contributed by atoms with Crippen LogP contribution in [0.15, 0.2) is 18.2 Å². The first kappa shape index (κ1) is 20.3. The van der Waals surface area contributed by atoms with Gasteiger partial charge in [0.2, 0.25) is 0 Å². The topological polar surface area (TPSA) is 54.0 Å². The third kappa shape index (κ3) is 6.79. The Hall–Kier alpha value is -1.75. The fourth-order valence-electron chi connectivity index (χ4n) is 2.66. The summed E-state index contributed by atoms with van der Waals surface area (Å²) >= 11 is 0. The van der Waals surface area contributed by atoms with Crippen molar-refractivity contribution in [1.29, 1.82) is 0 Å². The van der Waals surface area contributed by atoms with Gasteiger partial charge >= 0.3 is 5.97 Å². The van der Waals surface area contributed by atoms with E-state index in [-0.39, 0.29) is 11.9 Å². The number of rotatable bonds is 11. The fourth-order valence-corrected chi connectivity index (χ4v) is 2.66. The molecular weight excluding hydrogens is 308 g/mol. The highest BCUT2D eigenvalue weighted by atomic mass is 16.5. The van der Waals surface area contributed by atoms with Crippen LogP contribution in [-0.4, -0.2) is 40.0 Å². The van der Waals surface area contributed by atoms with Crippen molar-refractivity contribution in [2.45, 2.75) is 39.5 Å². The number of esters is 1. The minimum atomic E-state index is -0.209. The van der Waals surface area contributed by atoms with Crippen molar-refractivity contribution < 1.29 is 23.7 Å². The average molecular weight is 338 g/mol. The molecule has 0 radical (unpaired) electrons. The molecule has 0 amide bonds. The summed E-state index contributed by atoms with van der Waals surface area (Å²) in [4.78, 5) is 11.7. The first-order valence-corrected chi connectivity index (χ1v) is 8.47. The third-order valence-electron chi connectivity index (χ3n) is 3.74. The van der Waals surface area contributed by atoms with Gasteiger partial charge in [-0.25, -0.2) is 0 Å². The number of hydrogen-bond donors (Lipinski definition) is 0. The molecule has 0 fully saturated rings. The highest BCUT2D eigenvalue weighted by Crippen LogP contribution is 2.36. The molecule has 136 valence electrons. The molecule has 1 aromatic carbocycles. The standard InChI is InChI=1S/C19H30O5/c1-6-23-9-10-24-16-7-8-17(18(13-16)21-4)15(11-14(2)3)12-19(20)22-5/h7-8,13-15H,6,9-12H2,1-5H3. The summed E-state index contributed by atoms with van der Waals surface area (Å²) < 4.78 is 21.3. The Morgan fingerprint density at radius 3 is 2.50 bits per heavy atom. The lowest BCUT2D eigenvalue weighted by molar-refractivity contribution is -0.141. The molecule has 0 saturated carbocycles. The van der Waals surface area contributed by atoms with Crippen molar-refractivity contribution >= 4 is 5.97 Å². The summed E-state index contributed by atoms with van der Waals surface area (Å²) in [7, 11) is 3.05. The summed E-state index contributed by atoms with van der Waals surface area (Å²) in [6, 6.07) is 5.76. The van der Waals surface area contributed by atoms with E-state index in [9.17, 15) is 4.79 Å².